The minimum absolute atomic E-state index is 0. The van der Waals surface area contributed by atoms with Crippen molar-refractivity contribution in [3.63, 3.8) is 0 Å². The van der Waals surface area contributed by atoms with E-state index in [4.69, 9.17) is 0 Å². The minimum atomic E-state index is 0. The summed E-state index contributed by atoms with van der Waals surface area (Å²) >= 11 is 0. The molecule has 0 spiro atoms. The smallest absolute Gasteiger partial charge is 0.699 e. The van der Waals surface area contributed by atoms with E-state index in [1.54, 1.807) is 0 Å². The third-order valence-electron chi connectivity index (χ3n) is 4.04. The van der Waals surface area contributed by atoms with Gasteiger partial charge in [-0.3, -0.25) is 0 Å². The van der Waals surface area contributed by atoms with Gasteiger partial charge in [0.25, 0.3) is 0 Å². The van der Waals surface area contributed by atoms with Gasteiger partial charge in [0.2, 0.25) is 0 Å². The molecule has 0 aliphatic carbocycles. The van der Waals surface area contributed by atoms with Crippen molar-refractivity contribution in [1.82, 2.24) is 0 Å². The van der Waals surface area contributed by atoms with Crippen molar-refractivity contribution in [2.24, 2.45) is 0 Å². The van der Waals surface area contributed by atoms with Crippen LogP contribution in [0.2, 0.25) is 0 Å². The van der Waals surface area contributed by atoms with Crippen LogP contribution in [0.3, 0.4) is 0 Å². The third-order valence-corrected chi connectivity index (χ3v) is 4.04. The molecule has 172 valence electrons. The van der Waals surface area contributed by atoms with Crippen LogP contribution in [-0.2, 0) is 39.0 Å². The first-order valence-corrected chi connectivity index (χ1v) is 9.80. The molecular weight excluding hydrogens is 586 g/mol. The SMILES string of the molecule is O.[Ru+2].[Ru+2].c1ccc([N-]C[N-]c2ccccc2)cc1.c1ccc([N-]C[N-]c2ccccc2)cc1. The molecule has 0 heterocycles. The van der Waals surface area contributed by atoms with Crippen molar-refractivity contribution in [3.8, 4) is 0 Å². The molecule has 0 amide bonds. The van der Waals surface area contributed by atoms with E-state index in [1.807, 2.05) is 121 Å². The predicted octanol–water partition coefficient (Wildman–Crippen LogP) is 7.88. The Labute approximate surface area is 222 Å². The second-order valence-electron chi connectivity index (χ2n) is 6.26. The number of hydrogen-bond donors (Lipinski definition) is 0. The number of para-hydroxylation sites is 4. The quantitative estimate of drug-likeness (QED) is 0.181. The molecular formula is C26H26N4ORu2. The maximum Gasteiger partial charge on any atom is 2.00 e. The largest absolute Gasteiger partial charge is 2.00 e. The Morgan fingerprint density at radius 1 is 0.333 bits per heavy atom. The van der Waals surface area contributed by atoms with Crippen molar-refractivity contribution < 1.29 is 44.4 Å². The Hall–Kier alpha value is -2.71. The van der Waals surface area contributed by atoms with Crippen molar-refractivity contribution in [2.45, 2.75) is 0 Å². The number of benzene rings is 4. The van der Waals surface area contributed by atoms with Crippen LogP contribution in [0.15, 0.2) is 121 Å². The van der Waals surface area contributed by atoms with Gasteiger partial charge in [-0.05, 0) is 0 Å². The van der Waals surface area contributed by atoms with Gasteiger partial charge in [0.15, 0.2) is 0 Å². The van der Waals surface area contributed by atoms with E-state index < -0.39 is 0 Å². The first kappa shape index (κ1) is 30.3. The Balaban J connectivity index is 0.000000569. The van der Waals surface area contributed by atoms with E-state index in [-0.39, 0.29) is 44.4 Å². The van der Waals surface area contributed by atoms with Gasteiger partial charge in [-0.15, -0.1) is 22.7 Å². The Morgan fingerprint density at radius 3 is 0.697 bits per heavy atom. The number of rotatable bonds is 8. The molecule has 0 saturated heterocycles. The molecule has 2 N–H and O–H groups in total. The summed E-state index contributed by atoms with van der Waals surface area (Å²) in [5.74, 6) is 0. The van der Waals surface area contributed by atoms with Gasteiger partial charge in [-0.25, -0.2) is 13.3 Å². The van der Waals surface area contributed by atoms with Crippen molar-refractivity contribution >= 4 is 22.7 Å². The summed E-state index contributed by atoms with van der Waals surface area (Å²) in [4.78, 5) is 0. The molecule has 0 unspecified atom stereocenters. The average Bonchev–Trinajstić information content (AvgIpc) is 2.82. The first-order chi connectivity index (χ1) is 14.9. The molecule has 0 saturated carbocycles. The zero-order chi connectivity index (χ0) is 20.7. The van der Waals surface area contributed by atoms with Crippen LogP contribution in [0, 0.1) is 0 Å². The molecule has 0 aliphatic heterocycles. The van der Waals surface area contributed by atoms with Crippen molar-refractivity contribution in [3.05, 3.63) is 143 Å². The van der Waals surface area contributed by atoms with E-state index in [9.17, 15) is 0 Å². The topological polar surface area (TPSA) is 87.9 Å². The first-order valence-electron chi connectivity index (χ1n) is 9.80. The van der Waals surface area contributed by atoms with Crippen LogP contribution in [0.1, 0.15) is 0 Å². The molecule has 4 rings (SSSR count). The van der Waals surface area contributed by atoms with Gasteiger partial charge < -0.3 is 26.7 Å². The maximum absolute atomic E-state index is 4.33. The molecule has 4 aromatic carbocycles. The molecule has 33 heavy (non-hydrogen) atoms. The molecule has 0 radical (unpaired) electrons. The fourth-order valence-corrected chi connectivity index (χ4v) is 2.53. The number of nitrogens with zero attached hydrogens (tertiary/aromatic N) is 4. The summed E-state index contributed by atoms with van der Waals surface area (Å²) in [6.07, 6.45) is 0. The molecule has 0 bridgehead atoms. The molecule has 0 atom stereocenters. The fraction of sp³-hybridized carbons (Fsp3) is 0.0769. The second-order valence-corrected chi connectivity index (χ2v) is 6.26. The van der Waals surface area contributed by atoms with Crippen LogP contribution in [0.25, 0.3) is 21.3 Å². The fourth-order valence-electron chi connectivity index (χ4n) is 2.53. The molecule has 4 aromatic rings. The van der Waals surface area contributed by atoms with Crippen LogP contribution in [0.4, 0.5) is 22.7 Å². The minimum Gasteiger partial charge on any atom is -0.699 e. The van der Waals surface area contributed by atoms with Gasteiger partial charge in [0.05, 0.1) is 0 Å². The van der Waals surface area contributed by atoms with Gasteiger partial charge in [-0.1, -0.05) is 121 Å². The predicted molar refractivity (Wildman–Crippen MR) is 131 cm³/mol. The van der Waals surface area contributed by atoms with Crippen molar-refractivity contribution in [1.29, 1.82) is 0 Å². The molecule has 5 nitrogen and oxygen atoms in total. The zero-order valence-electron chi connectivity index (χ0n) is 18.0. The van der Waals surface area contributed by atoms with Crippen molar-refractivity contribution in [2.75, 3.05) is 13.3 Å². The summed E-state index contributed by atoms with van der Waals surface area (Å²) in [5.41, 5.74) is 3.88. The van der Waals surface area contributed by atoms with Gasteiger partial charge in [0, 0.05) is 0 Å². The monoisotopic (exact) mass is 614 g/mol. The van der Waals surface area contributed by atoms with Gasteiger partial charge in [0.1, 0.15) is 0 Å². The normalized spacial score (nSPS) is 8.73. The van der Waals surface area contributed by atoms with Crippen LogP contribution in [-0.4, -0.2) is 18.8 Å². The summed E-state index contributed by atoms with van der Waals surface area (Å²) in [7, 11) is 0. The molecule has 0 fully saturated rings. The van der Waals surface area contributed by atoms with Gasteiger partial charge in [-0.2, -0.15) is 0 Å². The third kappa shape index (κ3) is 12.8. The van der Waals surface area contributed by atoms with Crippen LogP contribution >= 0.6 is 0 Å². The van der Waals surface area contributed by atoms with Crippen LogP contribution < -0.4 is 0 Å². The Bertz CT molecular complexity index is 787. The van der Waals surface area contributed by atoms with E-state index >= 15 is 0 Å². The summed E-state index contributed by atoms with van der Waals surface area (Å²) < 4.78 is 0. The maximum atomic E-state index is 4.33. The summed E-state index contributed by atoms with van der Waals surface area (Å²) in [6, 6.07) is 39.5. The summed E-state index contributed by atoms with van der Waals surface area (Å²) in [6.45, 7) is 0.960. The zero-order valence-corrected chi connectivity index (χ0v) is 21.4. The Morgan fingerprint density at radius 2 is 0.515 bits per heavy atom. The van der Waals surface area contributed by atoms with E-state index in [2.05, 4.69) is 21.3 Å². The molecule has 7 heteroatoms. The van der Waals surface area contributed by atoms with E-state index in [0.717, 1.165) is 22.7 Å². The van der Waals surface area contributed by atoms with Crippen LogP contribution in [0.5, 0.6) is 0 Å². The number of hydrogen-bond acceptors (Lipinski definition) is 0. The van der Waals surface area contributed by atoms with Gasteiger partial charge >= 0.3 is 39.0 Å². The van der Waals surface area contributed by atoms with E-state index in [1.165, 1.54) is 0 Å². The Kier molecular flexibility index (Phi) is 17.3. The molecule has 0 aromatic heterocycles. The summed E-state index contributed by atoms with van der Waals surface area (Å²) in [5, 5.41) is 17.3. The average molecular weight is 613 g/mol. The standard InChI is InChI=1S/2C13H12N2.H2O.2Ru/c2*1-3-7-12(8-4-1)14-11-15-13-9-5-2-6-10-13;;;/h2*1-10H,11H2;1H2;;/q2*-2;;2*+2. The van der Waals surface area contributed by atoms with E-state index in [0.29, 0.717) is 13.3 Å². The molecule has 0 aliphatic rings. The second kappa shape index (κ2) is 18.8.